The highest BCUT2D eigenvalue weighted by Crippen LogP contribution is 2.30. The van der Waals surface area contributed by atoms with Crippen LogP contribution in [0.5, 0.6) is 0 Å². The van der Waals surface area contributed by atoms with E-state index in [1.54, 1.807) is 21.3 Å². The summed E-state index contributed by atoms with van der Waals surface area (Å²) in [7, 11) is 2.49. The zero-order valence-corrected chi connectivity index (χ0v) is 15.6. The van der Waals surface area contributed by atoms with Crippen LogP contribution in [0.1, 0.15) is 25.7 Å². The van der Waals surface area contributed by atoms with Gasteiger partial charge in [0.15, 0.2) is 0 Å². The second-order valence-electron chi connectivity index (χ2n) is 5.63. The summed E-state index contributed by atoms with van der Waals surface area (Å²) in [6, 6.07) is 1.07. The summed E-state index contributed by atoms with van der Waals surface area (Å²) in [5.74, 6) is 1.63. The van der Waals surface area contributed by atoms with E-state index < -0.39 is 8.80 Å². The second kappa shape index (κ2) is 10.2. The third-order valence-electron chi connectivity index (χ3n) is 4.43. The summed E-state index contributed by atoms with van der Waals surface area (Å²) in [5.41, 5.74) is 0. The minimum Gasteiger partial charge on any atom is -0.391 e. The Kier molecular flexibility index (Phi) is 9.43. The van der Waals surface area contributed by atoms with Gasteiger partial charge in [0, 0.05) is 45.7 Å². The normalized spacial score (nSPS) is 27.0. The third kappa shape index (κ3) is 6.17. The number of hydrogen-bond donors (Lipinski definition) is 2. The molecular weight excluding hydrogens is 306 g/mol. The Morgan fingerprint density at radius 3 is 2.38 bits per heavy atom. The lowest BCUT2D eigenvalue weighted by atomic mass is 9.82. The van der Waals surface area contributed by atoms with Crippen molar-refractivity contribution in [1.29, 1.82) is 0 Å². The molecule has 0 aromatic rings. The molecule has 1 aliphatic carbocycles. The quantitative estimate of drug-likeness (QED) is 0.468. The molecule has 0 aliphatic heterocycles. The van der Waals surface area contributed by atoms with Crippen LogP contribution >= 0.6 is 11.8 Å². The second-order valence-corrected chi connectivity index (χ2v) is 9.71. The molecular formula is C14H31NO4SSi. The lowest BCUT2D eigenvalue weighted by Gasteiger charge is -2.35. The molecule has 126 valence electrons. The minimum absolute atomic E-state index is 0.241. The topological polar surface area (TPSA) is 60.0 Å². The van der Waals surface area contributed by atoms with Gasteiger partial charge >= 0.3 is 8.80 Å². The van der Waals surface area contributed by atoms with Crippen LogP contribution in [-0.4, -0.2) is 65.9 Å². The molecule has 21 heavy (non-hydrogen) atoms. The van der Waals surface area contributed by atoms with Crippen molar-refractivity contribution in [2.75, 3.05) is 39.9 Å². The summed E-state index contributed by atoms with van der Waals surface area (Å²) in [4.78, 5) is 0. The number of nitrogens with one attached hydrogen (secondary N) is 1. The maximum Gasteiger partial charge on any atom is 0.500 e. The zero-order chi connectivity index (χ0) is 15.7. The molecule has 7 heteroatoms. The van der Waals surface area contributed by atoms with E-state index in [1.165, 1.54) is 0 Å². The highest BCUT2D eigenvalue weighted by Gasteiger charge is 2.39. The Morgan fingerprint density at radius 2 is 1.86 bits per heavy atom. The molecule has 0 aromatic heterocycles. The standard InChI is InChI=1S/C14H31NO4SSi/c1-17-21(18-2,19-3)10-7-12-5-6-13(14(16)11-12)15-8-9-20-4/h12-16H,5-11H2,1-4H3. The fourth-order valence-electron chi connectivity index (χ4n) is 3.02. The largest absolute Gasteiger partial charge is 0.500 e. The van der Waals surface area contributed by atoms with Gasteiger partial charge < -0.3 is 23.7 Å². The average Bonchev–Trinajstić information content (AvgIpc) is 2.51. The maximum atomic E-state index is 10.3. The first-order valence-corrected chi connectivity index (χ1v) is 11.0. The highest BCUT2D eigenvalue weighted by atomic mass is 32.2. The van der Waals surface area contributed by atoms with Gasteiger partial charge in [-0.3, -0.25) is 0 Å². The fraction of sp³-hybridized carbons (Fsp3) is 1.00. The number of thioether (sulfide) groups is 1. The number of rotatable bonds is 10. The molecule has 5 nitrogen and oxygen atoms in total. The van der Waals surface area contributed by atoms with Gasteiger partial charge in [-0.15, -0.1) is 0 Å². The van der Waals surface area contributed by atoms with E-state index in [0.717, 1.165) is 44.0 Å². The van der Waals surface area contributed by atoms with Gasteiger partial charge in [-0.1, -0.05) is 0 Å². The van der Waals surface area contributed by atoms with Crippen molar-refractivity contribution in [1.82, 2.24) is 5.32 Å². The molecule has 1 rings (SSSR count). The first-order valence-electron chi connectivity index (χ1n) is 7.66. The van der Waals surface area contributed by atoms with Crippen molar-refractivity contribution in [3.05, 3.63) is 0 Å². The highest BCUT2D eigenvalue weighted by molar-refractivity contribution is 7.98. The van der Waals surface area contributed by atoms with Crippen LogP contribution in [0.2, 0.25) is 6.04 Å². The minimum atomic E-state index is -2.47. The molecule has 3 atom stereocenters. The molecule has 0 saturated heterocycles. The van der Waals surface area contributed by atoms with Crippen LogP contribution in [0, 0.1) is 5.92 Å². The predicted molar refractivity (Wildman–Crippen MR) is 89.7 cm³/mol. The van der Waals surface area contributed by atoms with Crippen LogP contribution in [0.15, 0.2) is 0 Å². The molecule has 0 bridgehead atoms. The van der Waals surface area contributed by atoms with Crippen LogP contribution in [0.3, 0.4) is 0 Å². The smallest absolute Gasteiger partial charge is 0.391 e. The summed E-state index contributed by atoms with van der Waals surface area (Å²) < 4.78 is 16.4. The number of aliphatic hydroxyl groups is 1. The molecule has 0 aromatic carbocycles. The van der Waals surface area contributed by atoms with E-state index in [0.29, 0.717) is 5.92 Å². The lowest BCUT2D eigenvalue weighted by molar-refractivity contribution is 0.0619. The number of hydrogen-bond acceptors (Lipinski definition) is 6. The Bertz CT molecular complexity index is 273. The van der Waals surface area contributed by atoms with Gasteiger partial charge in [-0.2, -0.15) is 11.8 Å². The molecule has 1 fully saturated rings. The molecule has 1 saturated carbocycles. The molecule has 0 amide bonds. The van der Waals surface area contributed by atoms with E-state index in [2.05, 4.69) is 11.6 Å². The maximum absolute atomic E-state index is 10.3. The summed E-state index contributed by atoms with van der Waals surface area (Å²) >= 11 is 1.83. The van der Waals surface area contributed by atoms with Crippen molar-refractivity contribution < 1.29 is 18.4 Å². The van der Waals surface area contributed by atoms with E-state index >= 15 is 0 Å². The summed E-state index contributed by atoms with van der Waals surface area (Å²) in [6.45, 7) is 0.973. The van der Waals surface area contributed by atoms with Crippen molar-refractivity contribution in [3.63, 3.8) is 0 Å². The lowest BCUT2D eigenvalue weighted by Crippen LogP contribution is -2.46. The Labute approximate surface area is 134 Å². The Balaban J connectivity index is 2.34. The Morgan fingerprint density at radius 1 is 1.19 bits per heavy atom. The van der Waals surface area contributed by atoms with Gasteiger partial charge in [0.25, 0.3) is 0 Å². The van der Waals surface area contributed by atoms with E-state index in [1.807, 2.05) is 11.8 Å². The first kappa shape index (κ1) is 19.4. The van der Waals surface area contributed by atoms with E-state index in [-0.39, 0.29) is 12.1 Å². The van der Waals surface area contributed by atoms with Crippen molar-refractivity contribution in [3.8, 4) is 0 Å². The molecule has 2 N–H and O–H groups in total. The van der Waals surface area contributed by atoms with E-state index in [9.17, 15) is 5.11 Å². The van der Waals surface area contributed by atoms with Crippen molar-refractivity contribution in [2.45, 2.75) is 43.9 Å². The number of aliphatic hydroxyl groups excluding tert-OH is 1. The van der Waals surface area contributed by atoms with Crippen LogP contribution < -0.4 is 5.32 Å². The fourth-order valence-corrected chi connectivity index (χ4v) is 5.21. The van der Waals surface area contributed by atoms with E-state index in [4.69, 9.17) is 13.3 Å². The average molecular weight is 338 g/mol. The SMILES string of the molecule is CO[Si](CCC1CCC(NCCSC)C(O)C1)(OC)OC. The Hall–Kier alpha value is 0.367. The van der Waals surface area contributed by atoms with Gasteiger partial charge in [0.05, 0.1) is 6.10 Å². The summed E-state index contributed by atoms with van der Waals surface area (Å²) in [6.07, 6.45) is 5.91. The zero-order valence-electron chi connectivity index (χ0n) is 13.8. The molecule has 0 radical (unpaired) electrons. The van der Waals surface area contributed by atoms with Gasteiger partial charge in [-0.25, -0.2) is 0 Å². The third-order valence-corrected chi connectivity index (χ3v) is 7.81. The first-order chi connectivity index (χ1) is 10.1. The van der Waals surface area contributed by atoms with Gasteiger partial charge in [-0.05, 0) is 37.9 Å². The van der Waals surface area contributed by atoms with Crippen molar-refractivity contribution in [2.24, 2.45) is 5.92 Å². The molecule has 1 aliphatic rings. The molecule has 0 heterocycles. The molecule has 3 unspecified atom stereocenters. The van der Waals surface area contributed by atoms with Gasteiger partial charge in [0.2, 0.25) is 0 Å². The van der Waals surface area contributed by atoms with Crippen molar-refractivity contribution >= 4 is 20.6 Å². The van der Waals surface area contributed by atoms with Crippen LogP contribution in [-0.2, 0) is 13.3 Å². The summed E-state index contributed by atoms with van der Waals surface area (Å²) in [5, 5.41) is 13.8. The monoisotopic (exact) mass is 337 g/mol. The van der Waals surface area contributed by atoms with Gasteiger partial charge in [0.1, 0.15) is 0 Å². The van der Waals surface area contributed by atoms with Crippen LogP contribution in [0.25, 0.3) is 0 Å². The molecule has 0 spiro atoms. The predicted octanol–water partition coefficient (Wildman–Crippen LogP) is 1.74. The van der Waals surface area contributed by atoms with Crippen LogP contribution in [0.4, 0.5) is 0 Å².